The number of rotatable bonds is 3. The maximum absolute atomic E-state index is 5.97. The van der Waals surface area contributed by atoms with E-state index in [1.54, 1.807) is 6.07 Å². The molecule has 0 amide bonds. The molecule has 1 saturated heterocycles. The van der Waals surface area contributed by atoms with Crippen molar-refractivity contribution >= 4 is 23.0 Å². The van der Waals surface area contributed by atoms with Crippen molar-refractivity contribution in [3.8, 4) is 0 Å². The van der Waals surface area contributed by atoms with Crippen LogP contribution < -0.4 is 11.1 Å². The van der Waals surface area contributed by atoms with Gasteiger partial charge in [-0.2, -0.15) is 0 Å². The maximum Gasteiger partial charge on any atom is 0.0591 e. The van der Waals surface area contributed by atoms with E-state index in [0.717, 1.165) is 37.4 Å². The first-order valence-corrected chi connectivity index (χ1v) is 6.44. The smallest absolute Gasteiger partial charge is 0.0591 e. The monoisotopic (exact) mass is 254 g/mol. The van der Waals surface area contributed by atoms with Gasteiger partial charge in [-0.25, -0.2) is 0 Å². The van der Waals surface area contributed by atoms with Gasteiger partial charge in [0, 0.05) is 24.3 Å². The van der Waals surface area contributed by atoms with E-state index in [4.69, 9.17) is 22.1 Å². The van der Waals surface area contributed by atoms with Crippen molar-refractivity contribution in [1.29, 1.82) is 0 Å². The molecular weight excluding hydrogens is 236 g/mol. The fourth-order valence-electron chi connectivity index (χ4n) is 2.23. The average molecular weight is 255 g/mol. The summed E-state index contributed by atoms with van der Waals surface area (Å²) in [5.74, 6) is 0.641. The third kappa shape index (κ3) is 3.27. The number of hydrogen-bond donors (Lipinski definition) is 2. The Balaban J connectivity index is 2.01. The van der Waals surface area contributed by atoms with Crippen LogP contribution in [-0.2, 0) is 4.74 Å². The van der Waals surface area contributed by atoms with Crippen LogP contribution in [0.25, 0.3) is 0 Å². The van der Waals surface area contributed by atoms with Crippen LogP contribution in [0.5, 0.6) is 0 Å². The Morgan fingerprint density at radius 2 is 2.12 bits per heavy atom. The van der Waals surface area contributed by atoms with Crippen LogP contribution in [-0.4, -0.2) is 19.3 Å². The van der Waals surface area contributed by atoms with Crippen LogP contribution in [0.2, 0.25) is 5.02 Å². The van der Waals surface area contributed by atoms with E-state index in [1.165, 1.54) is 0 Å². The van der Waals surface area contributed by atoms with Crippen LogP contribution in [0.1, 0.15) is 19.8 Å². The molecule has 1 fully saturated rings. The Hall–Kier alpha value is -0.930. The quantitative estimate of drug-likeness (QED) is 0.815. The van der Waals surface area contributed by atoms with Gasteiger partial charge in [-0.1, -0.05) is 11.6 Å². The summed E-state index contributed by atoms with van der Waals surface area (Å²) in [6, 6.07) is 5.91. The Morgan fingerprint density at radius 1 is 1.41 bits per heavy atom. The molecule has 4 heteroatoms. The van der Waals surface area contributed by atoms with Crippen molar-refractivity contribution in [2.75, 3.05) is 24.3 Å². The Bertz CT molecular complexity index is 378. The largest absolute Gasteiger partial charge is 0.397 e. The van der Waals surface area contributed by atoms with Gasteiger partial charge < -0.3 is 15.8 Å². The number of nitrogens with two attached hydrogens (primary N) is 1. The summed E-state index contributed by atoms with van der Waals surface area (Å²) in [4.78, 5) is 0. The van der Waals surface area contributed by atoms with Gasteiger partial charge in [0.2, 0.25) is 0 Å². The highest BCUT2D eigenvalue weighted by Crippen LogP contribution is 2.27. The summed E-state index contributed by atoms with van der Waals surface area (Å²) in [6.07, 6.45) is 2.21. The fraction of sp³-hybridized carbons (Fsp3) is 0.538. The molecule has 1 aromatic carbocycles. The van der Waals surface area contributed by atoms with Gasteiger partial charge in [-0.3, -0.25) is 0 Å². The minimum atomic E-state index is 0.389. The highest BCUT2D eigenvalue weighted by Gasteiger charge is 2.20. The standard InChI is InChI=1S/C13H19ClN2O/c1-9(10-4-6-17-7-5-10)16-13-8-11(14)2-3-12(13)15/h2-3,8-10,16H,4-7,15H2,1H3. The van der Waals surface area contributed by atoms with E-state index in [1.807, 2.05) is 12.1 Å². The molecule has 1 aromatic rings. The van der Waals surface area contributed by atoms with Gasteiger partial charge in [-0.15, -0.1) is 0 Å². The SMILES string of the molecule is CC(Nc1cc(Cl)ccc1N)C1CCOCC1. The zero-order chi connectivity index (χ0) is 12.3. The topological polar surface area (TPSA) is 47.3 Å². The summed E-state index contributed by atoms with van der Waals surface area (Å²) >= 11 is 5.97. The molecular formula is C13H19ClN2O. The van der Waals surface area contributed by atoms with Crippen LogP contribution in [0.3, 0.4) is 0 Å². The lowest BCUT2D eigenvalue weighted by Gasteiger charge is -2.29. The number of hydrogen-bond acceptors (Lipinski definition) is 3. The van der Waals surface area contributed by atoms with Gasteiger partial charge in [0.15, 0.2) is 0 Å². The van der Waals surface area contributed by atoms with Crippen molar-refractivity contribution in [2.45, 2.75) is 25.8 Å². The molecule has 1 aliphatic rings. The number of nitrogens with one attached hydrogen (secondary N) is 1. The number of benzene rings is 1. The summed E-state index contributed by atoms with van der Waals surface area (Å²) in [5, 5.41) is 4.16. The van der Waals surface area contributed by atoms with E-state index in [2.05, 4.69) is 12.2 Å². The van der Waals surface area contributed by atoms with Crippen LogP contribution in [0.15, 0.2) is 18.2 Å². The first-order chi connectivity index (χ1) is 8.16. The normalized spacial score (nSPS) is 18.9. The molecule has 0 aliphatic carbocycles. The Morgan fingerprint density at radius 3 is 2.82 bits per heavy atom. The maximum atomic E-state index is 5.97. The second-order valence-corrected chi connectivity index (χ2v) is 5.05. The van der Waals surface area contributed by atoms with Gasteiger partial charge in [-0.05, 0) is 43.9 Å². The zero-order valence-electron chi connectivity index (χ0n) is 10.1. The molecule has 0 radical (unpaired) electrons. The molecule has 0 aromatic heterocycles. The molecule has 17 heavy (non-hydrogen) atoms. The third-order valence-electron chi connectivity index (χ3n) is 3.37. The van der Waals surface area contributed by atoms with Gasteiger partial charge >= 0.3 is 0 Å². The minimum Gasteiger partial charge on any atom is -0.397 e. The number of anilines is 2. The molecule has 3 N–H and O–H groups in total. The van der Waals surface area contributed by atoms with Crippen LogP contribution in [0.4, 0.5) is 11.4 Å². The number of nitrogen functional groups attached to an aromatic ring is 1. The Labute approximate surface area is 107 Å². The van der Waals surface area contributed by atoms with Crippen molar-refractivity contribution in [1.82, 2.24) is 0 Å². The lowest BCUT2D eigenvalue weighted by molar-refractivity contribution is 0.0622. The number of ether oxygens (including phenoxy) is 1. The van der Waals surface area contributed by atoms with E-state index in [9.17, 15) is 0 Å². The molecule has 0 bridgehead atoms. The summed E-state index contributed by atoms with van der Waals surface area (Å²) in [5.41, 5.74) is 7.59. The predicted octanol–water partition coefficient (Wildman–Crippen LogP) is 3.15. The van der Waals surface area contributed by atoms with Gasteiger partial charge in [0.25, 0.3) is 0 Å². The van der Waals surface area contributed by atoms with Crippen molar-refractivity contribution in [3.63, 3.8) is 0 Å². The van der Waals surface area contributed by atoms with E-state index < -0.39 is 0 Å². The first-order valence-electron chi connectivity index (χ1n) is 6.06. The predicted molar refractivity (Wildman–Crippen MR) is 72.5 cm³/mol. The molecule has 0 saturated carbocycles. The highest BCUT2D eigenvalue weighted by atomic mass is 35.5. The van der Waals surface area contributed by atoms with E-state index in [-0.39, 0.29) is 0 Å². The minimum absolute atomic E-state index is 0.389. The molecule has 1 unspecified atom stereocenters. The van der Waals surface area contributed by atoms with E-state index >= 15 is 0 Å². The molecule has 1 heterocycles. The fourth-order valence-corrected chi connectivity index (χ4v) is 2.40. The first kappa shape index (κ1) is 12.5. The molecule has 1 aliphatic heterocycles. The van der Waals surface area contributed by atoms with Crippen molar-refractivity contribution in [2.24, 2.45) is 5.92 Å². The molecule has 1 atom stereocenters. The Kier molecular flexibility index (Phi) is 4.13. The molecule has 3 nitrogen and oxygen atoms in total. The number of halogens is 1. The van der Waals surface area contributed by atoms with Crippen molar-refractivity contribution in [3.05, 3.63) is 23.2 Å². The highest BCUT2D eigenvalue weighted by molar-refractivity contribution is 6.31. The van der Waals surface area contributed by atoms with Crippen LogP contribution in [0, 0.1) is 5.92 Å². The molecule has 0 spiro atoms. The van der Waals surface area contributed by atoms with Crippen LogP contribution >= 0.6 is 11.6 Å². The van der Waals surface area contributed by atoms with Crippen molar-refractivity contribution < 1.29 is 4.74 Å². The van der Waals surface area contributed by atoms with Gasteiger partial charge in [0.05, 0.1) is 11.4 Å². The lowest BCUT2D eigenvalue weighted by Crippen LogP contribution is -2.31. The summed E-state index contributed by atoms with van der Waals surface area (Å²) in [7, 11) is 0. The van der Waals surface area contributed by atoms with Gasteiger partial charge in [0.1, 0.15) is 0 Å². The summed E-state index contributed by atoms with van der Waals surface area (Å²) in [6.45, 7) is 3.92. The summed E-state index contributed by atoms with van der Waals surface area (Å²) < 4.78 is 5.37. The zero-order valence-corrected chi connectivity index (χ0v) is 10.8. The third-order valence-corrected chi connectivity index (χ3v) is 3.61. The van der Waals surface area contributed by atoms with E-state index in [0.29, 0.717) is 17.0 Å². The average Bonchev–Trinajstić information content (AvgIpc) is 2.35. The lowest BCUT2D eigenvalue weighted by atomic mass is 9.93. The second kappa shape index (κ2) is 5.61. The molecule has 94 valence electrons. The molecule has 2 rings (SSSR count). The second-order valence-electron chi connectivity index (χ2n) is 4.61.